The third kappa shape index (κ3) is 1.81. The molecule has 0 aliphatic rings. The van der Waals surface area contributed by atoms with E-state index < -0.39 is 5.97 Å². The van der Waals surface area contributed by atoms with Crippen molar-refractivity contribution in [2.75, 3.05) is 5.73 Å². The van der Waals surface area contributed by atoms with Gasteiger partial charge in [0.05, 0.1) is 24.0 Å². The van der Waals surface area contributed by atoms with Gasteiger partial charge >= 0.3 is 5.97 Å². The lowest BCUT2D eigenvalue weighted by Gasteiger charge is -2.05. The van der Waals surface area contributed by atoms with Gasteiger partial charge in [-0.25, -0.2) is 14.3 Å². The summed E-state index contributed by atoms with van der Waals surface area (Å²) in [6.07, 6.45) is 1.34. The number of aromatic nitrogens is 2. The minimum Gasteiger partial charge on any atom is -0.478 e. The monoisotopic (exact) mass is 228 g/mol. The summed E-state index contributed by atoms with van der Waals surface area (Å²) in [6, 6.07) is 6.18. The summed E-state index contributed by atoms with van der Waals surface area (Å²) in [6.45, 7) is 6.87. The fourth-order valence-corrected chi connectivity index (χ4v) is 1.41. The molecule has 0 bridgehead atoms. The first-order valence-corrected chi connectivity index (χ1v) is 4.68. The van der Waals surface area contributed by atoms with Gasteiger partial charge in [-0.3, -0.25) is 0 Å². The maximum atomic E-state index is 10.8. The number of rotatable bonds is 2. The minimum absolute atomic E-state index is 0.141. The Morgan fingerprint density at radius 2 is 2.29 bits per heavy atom. The second-order valence-corrected chi connectivity index (χ2v) is 3.29. The number of carbonyl (C=O) groups is 1. The zero-order chi connectivity index (χ0) is 12.4. The van der Waals surface area contributed by atoms with Crippen molar-refractivity contribution < 1.29 is 9.90 Å². The van der Waals surface area contributed by atoms with E-state index in [2.05, 4.69) is 9.94 Å². The summed E-state index contributed by atoms with van der Waals surface area (Å²) in [5.41, 5.74) is 6.60. The molecule has 17 heavy (non-hydrogen) atoms. The molecule has 6 nitrogen and oxygen atoms in total. The zero-order valence-electron chi connectivity index (χ0n) is 8.66. The van der Waals surface area contributed by atoms with Gasteiger partial charge in [0.15, 0.2) is 0 Å². The molecule has 0 aliphatic carbocycles. The predicted octanol–water partition coefficient (Wildman–Crippen LogP) is 1.70. The number of nitrogens with zero attached hydrogens (tertiary/aromatic N) is 3. The van der Waals surface area contributed by atoms with Crippen LogP contribution >= 0.6 is 0 Å². The van der Waals surface area contributed by atoms with E-state index in [0.717, 1.165) is 0 Å². The molecular weight excluding hydrogens is 220 g/mol. The third-order valence-electron chi connectivity index (χ3n) is 2.24. The molecule has 0 atom stereocenters. The van der Waals surface area contributed by atoms with Crippen molar-refractivity contribution in [3.8, 4) is 5.69 Å². The molecule has 0 unspecified atom stereocenters. The molecule has 6 heteroatoms. The second kappa shape index (κ2) is 3.98. The predicted molar refractivity (Wildman–Crippen MR) is 61.2 cm³/mol. The molecule has 84 valence electrons. The van der Waals surface area contributed by atoms with Gasteiger partial charge in [-0.2, -0.15) is 5.10 Å². The van der Waals surface area contributed by atoms with Crippen LogP contribution in [-0.2, 0) is 0 Å². The van der Waals surface area contributed by atoms with Crippen molar-refractivity contribution >= 4 is 17.5 Å². The van der Waals surface area contributed by atoms with Gasteiger partial charge in [-0.1, -0.05) is 6.07 Å². The first kappa shape index (κ1) is 10.7. The van der Waals surface area contributed by atoms with Crippen LogP contribution in [0, 0.1) is 6.57 Å². The maximum Gasteiger partial charge on any atom is 0.335 e. The lowest BCUT2D eigenvalue weighted by molar-refractivity contribution is 0.0697. The smallest absolute Gasteiger partial charge is 0.335 e. The Hall–Kier alpha value is -2.81. The van der Waals surface area contributed by atoms with Crippen molar-refractivity contribution in [3.63, 3.8) is 0 Å². The molecule has 3 N–H and O–H groups in total. The van der Waals surface area contributed by atoms with E-state index in [4.69, 9.17) is 17.4 Å². The number of aromatic carboxylic acids is 1. The molecule has 0 aliphatic heterocycles. The summed E-state index contributed by atoms with van der Waals surface area (Å²) in [5.74, 6) is -0.828. The molecule has 2 rings (SSSR count). The summed E-state index contributed by atoms with van der Waals surface area (Å²) in [7, 11) is 0. The van der Waals surface area contributed by atoms with Gasteiger partial charge in [0, 0.05) is 0 Å². The Bertz CT molecular complexity index is 625. The molecule has 2 aromatic rings. The van der Waals surface area contributed by atoms with Crippen LogP contribution in [0.2, 0.25) is 0 Å². The molecule has 0 spiro atoms. The van der Waals surface area contributed by atoms with Crippen LogP contribution < -0.4 is 5.73 Å². The number of anilines is 1. The molecule has 0 saturated heterocycles. The highest BCUT2D eigenvalue weighted by molar-refractivity contribution is 5.88. The van der Waals surface area contributed by atoms with Crippen molar-refractivity contribution in [1.82, 2.24) is 9.78 Å². The standard InChI is InChI=1S/C11H8N4O2/c1-13-9-6-14-15(10(9)12)8-4-2-3-7(5-8)11(16)17/h2-6H,12H2,(H,16,17). The third-order valence-corrected chi connectivity index (χ3v) is 2.24. The first-order valence-electron chi connectivity index (χ1n) is 4.68. The first-order chi connectivity index (χ1) is 8.13. The quantitative estimate of drug-likeness (QED) is 0.766. The zero-order valence-corrected chi connectivity index (χ0v) is 8.66. The van der Waals surface area contributed by atoms with Crippen molar-refractivity contribution in [2.24, 2.45) is 0 Å². The number of benzene rings is 1. The number of carboxylic acids is 1. The van der Waals surface area contributed by atoms with E-state index in [-0.39, 0.29) is 17.1 Å². The molecule has 0 radical (unpaired) electrons. The van der Waals surface area contributed by atoms with Gasteiger partial charge < -0.3 is 10.8 Å². The van der Waals surface area contributed by atoms with E-state index in [1.165, 1.54) is 23.0 Å². The van der Waals surface area contributed by atoms with E-state index in [1.807, 2.05) is 0 Å². The molecule has 0 amide bonds. The number of hydrogen-bond donors (Lipinski definition) is 2. The van der Waals surface area contributed by atoms with Gasteiger partial charge in [-0.15, -0.1) is 0 Å². The van der Waals surface area contributed by atoms with Gasteiger partial charge in [-0.05, 0) is 18.2 Å². The van der Waals surface area contributed by atoms with Crippen molar-refractivity contribution in [3.05, 3.63) is 47.4 Å². The topological polar surface area (TPSA) is 85.5 Å². The van der Waals surface area contributed by atoms with E-state index in [9.17, 15) is 4.79 Å². The largest absolute Gasteiger partial charge is 0.478 e. The molecule has 1 aromatic carbocycles. The lowest BCUT2D eigenvalue weighted by Crippen LogP contribution is -2.03. The van der Waals surface area contributed by atoms with Gasteiger partial charge in [0.2, 0.25) is 5.69 Å². The normalized spacial score (nSPS) is 9.82. The Labute approximate surface area is 96.7 Å². The molecule has 1 aromatic heterocycles. The number of nitrogen functional groups attached to an aromatic ring is 1. The molecule has 1 heterocycles. The van der Waals surface area contributed by atoms with Crippen LogP contribution in [0.3, 0.4) is 0 Å². The molecule has 0 fully saturated rings. The molecular formula is C11H8N4O2. The number of carboxylic acid groups (broad SMARTS) is 1. The summed E-state index contributed by atoms with van der Waals surface area (Å²) in [4.78, 5) is 14.0. The van der Waals surface area contributed by atoms with Crippen LogP contribution in [0.5, 0.6) is 0 Å². The average molecular weight is 228 g/mol. The Morgan fingerprint density at radius 1 is 1.53 bits per heavy atom. The summed E-state index contributed by atoms with van der Waals surface area (Å²) in [5, 5.41) is 12.8. The Kier molecular flexibility index (Phi) is 2.51. The fourth-order valence-electron chi connectivity index (χ4n) is 1.41. The van der Waals surface area contributed by atoms with Crippen molar-refractivity contribution in [1.29, 1.82) is 0 Å². The number of hydrogen-bond acceptors (Lipinski definition) is 3. The van der Waals surface area contributed by atoms with Gasteiger partial charge in [0.25, 0.3) is 0 Å². The summed E-state index contributed by atoms with van der Waals surface area (Å²) < 4.78 is 1.33. The highest BCUT2D eigenvalue weighted by Gasteiger charge is 2.10. The average Bonchev–Trinajstić information content (AvgIpc) is 2.70. The van der Waals surface area contributed by atoms with Crippen LogP contribution in [0.4, 0.5) is 11.5 Å². The molecule has 0 saturated carbocycles. The highest BCUT2D eigenvalue weighted by Crippen LogP contribution is 2.24. The van der Waals surface area contributed by atoms with E-state index in [0.29, 0.717) is 5.69 Å². The van der Waals surface area contributed by atoms with E-state index >= 15 is 0 Å². The maximum absolute atomic E-state index is 10.8. The number of nitrogens with two attached hydrogens (primary N) is 1. The summed E-state index contributed by atoms with van der Waals surface area (Å²) >= 11 is 0. The van der Waals surface area contributed by atoms with Crippen LogP contribution in [0.15, 0.2) is 30.5 Å². The highest BCUT2D eigenvalue weighted by atomic mass is 16.4. The second-order valence-electron chi connectivity index (χ2n) is 3.29. The Morgan fingerprint density at radius 3 is 2.88 bits per heavy atom. The lowest BCUT2D eigenvalue weighted by atomic mass is 10.2. The van der Waals surface area contributed by atoms with Crippen molar-refractivity contribution in [2.45, 2.75) is 0 Å². The van der Waals surface area contributed by atoms with Crippen LogP contribution in [-0.4, -0.2) is 20.9 Å². The Balaban J connectivity index is 2.54. The fraction of sp³-hybridized carbons (Fsp3) is 0. The minimum atomic E-state index is -1.03. The SMILES string of the molecule is [C-]#[N+]c1cnn(-c2cccc(C(=O)O)c2)c1N. The van der Waals surface area contributed by atoms with Gasteiger partial charge in [0.1, 0.15) is 5.82 Å². The van der Waals surface area contributed by atoms with Crippen LogP contribution in [0.25, 0.3) is 10.5 Å². The van der Waals surface area contributed by atoms with E-state index in [1.54, 1.807) is 12.1 Å². The van der Waals surface area contributed by atoms with Crippen LogP contribution in [0.1, 0.15) is 10.4 Å².